The van der Waals surface area contributed by atoms with Gasteiger partial charge < -0.3 is 9.84 Å². The molecule has 1 unspecified atom stereocenters. The van der Waals surface area contributed by atoms with Crippen LogP contribution in [-0.2, 0) is 21.5 Å². The summed E-state index contributed by atoms with van der Waals surface area (Å²) in [7, 11) is -3.63. The minimum absolute atomic E-state index is 0.0587. The maximum atomic E-state index is 11.8. The van der Waals surface area contributed by atoms with Crippen molar-refractivity contribution >= 4 is 10.2 Å². The van der Waals surface area contributed by atoms with E-state index in [1.54, 1.807) is 0 Å². The van der Waals surface area contributed by atoms with Crippen molar-refractivity contribution in [3.8, 4) is 0 Å². The molecule has 1 fully saturated rings. The van der Waals surface area contributed by atoms with Crippen molar-refractivity contribution in [2.75, 3.05) is 13.2 Å². The lowest BCUT2D eigenvalue weighted by Gasteiger charge is -2.23. The molecule has 6 nitrogen and oxygen atoms in total. The molecule has 7 heteroatoms. The SMILES string of the molecule is O=S(=O)(NCc1ccccc1)NCC(O)COC1CCCCC1. The lowest BCUT2D eigenvalue weighted by Crippen LogP contribution is -2.41. The van der Waals surface area contributed by atoms with Gasteiger partial charge >= 0.3 is 0 Å². The molecule has 1 aliphatic rings. The number of rotatable bonds is 9. The van der Waals surface area contributed by atoms with E-state index < -0.39 is 16.3 Å². The van der Waals surface area contributed by atoms with Crippen molar-refractivity contribution in [3.05, 3.63) is 35.9 Å². The van der Waals surface area contributed by atoms with Gasteiger partial charge in [0.25, 0.3) is 10.2 Å². The Bertz CT molecular complexity index is 544. The van der Waals surface area contributed by atoms with Crippen LogP contribution >= 0.6 is 0 Å². The molecule has 1 aliphatic carbocycles. The largest absolute Gasteiger partial charge is 0.389 e. The van der Waals surface area contributed by atoms with Gasteiger partial charge in [-0.05, 0) is 18.4 Å². The number of aliphatic hydroxyl groups excluding tert-OH is 1. The Morgan fingerprint density at radius 1 is 1.13 bits per heavy atom. The molecule has 0 aromatic heterocycles. The van der Waals surface area contributed by atoms with Crippen LogP contribution in [0.5, 0.6) is 0 Å². The highest BCUT2D eigenvalue weighted by molar-refractivity contribution is 7.87. The maximum Gasteiger partial charge on any atom is 0.277 e. The molecule has 130 valence electrons. The minimum Gasteiger partial charge on any atom is -0.389 e. The molecule has 1 aromatic carbocycles. The van der Waals surface area contributed by atoms with Gasteiger partial charge in [-0.2, -0.15) is 17.9 Å². The van der Waals surface area contributed by atoms with Crippen LogP contribution in [-0.4, -0.2) is 38.9 Å². The molecule has 0 bridgehead atoms. The first-order chi connectivity index (χ1) is 11.1. The molecular weight excluding hydrogens is 316 g/mol. The summed E-state index contributed by atoms with van der Waals surface area (Å²) in [5.41, 5.74) is 0.874. The van der Waals surface area contributed by atoms with E-state index in [1.807, 2.05) is 30.3 Å². The van der Waals surface area contributed by atoms with Crippen LogP contribution in [0.25, 0.3) is 0 Å². The first kappa shape index (κ1) is 18.4. The van der Waals surface area contributed by atoms with Gasteiger partial charge in [0.2, 0.25) is 0 Å². The second kappa shape index (κ2) is 9.34. The fourth-order valence-electron chi connectivity index (χ4n) is 2.57. The Labute approximate surface area is 138 Å². The van der Waals surface area contributed by atoms with Crippen LogP contribution in [0, 0.1) is 0 Å². The van der Waals surface area contributed by atoms with Gasteiger partial charge in [0.1, 0.15) is 0 Å². The molecule has 0 aliphatic heterocycles. The third-order valence-electron chi connectivity index (χ3n) is 3.89. The number of aliphatic hydroxyl groups is 1. The van der Waals surface area contributed by atoms with E-state index in [9.17, 15) is 13.5 Å². The summed E-state index contributed by atoms with van der Waals surface area (Å²) >= 11 is 0. The molecule has 1 atom stereocenters. The highest BCUT2D eigenvalue weighted by Gasteiger charge is 2.17. The minimum atomic E-state index is -3.63. The zero-order chi connectivity index (χ0) is 16.5. The fraction of sp³-hybridized carbons (Fsp3) is 0.625. The number of nitrogens with one attached hydrogen (secondary N) is 2. The molecule has 0 heterocycles. The normalized spacial score (nSPS) is 18.0. The Kier molecular flexibility index (Phi) is 7.45. The molecular formula is C16H26N2O4S. The molecule has 1 aromatic rings. The second-order valence-corrected chi connectivity index (χ2v) is 7.49. The van der Waals surface area contributed by atoms with Crippen molar-refractivity contribution in [3.63, 3.8) is 0 Å². The highest BCUT2D eigenvalue weighted by atomic mass is 32.2. The van der Waals surface area contributed by atoms with E-state index in [1.165, 1.54) is 6.42 Å². The summed E-state index contributed by atoms with van der Waals surface area (Å²) in [6.07, 6.45) is 4.98. The third kappa shape index (κ3) is 7.41. The molecule has 0 saturated heterocycles. The van der Waals surface area contributed by atoms with Gasteiger partial charge in [-0.25, -0.2) is 0 Å². The second-order valence-electron chi connectivity index (χ2n) is 5.91. The van der Waals surface area contributed by atoms with Crippen molar-refractivity contribution in [1.29, 1.82) is 0 Å². The van der Waals surface area contributed by atoms with Gasteiger partial charge in [0, 0.05) is 13.1 Å². The Morgan fingerprint density at radius 3 is 2.52 bits per heavy atom. The van der Waals surface area contributed by atoms with E-state index in [-0.39, 0.29) is 25.8 Å². The lowest BCUT2D eigenvalue weighted by atomic mass is 9.98. The molecule has 2 rings (SSSR count). The van der Waals surface area contributed by atoms with E-state index in [0.29, 0.717) is 0 Å². The number of ether oxygens (including phenoxy) is 1. The zero-order valence-electron chi connectivity index (χ0n) is 13.3. The Hall–Kier alpha value is -0.990. The average molecular weight is 342 g/mol. The first-order valence-corrected chi connectivity index (χ1v) is 9.61. The van der Waals surface area contributed by atoms with Crippen molar-refractivity contribution in [1.82, 2.24) is 9.44 Å². The van der Waals surface area contributed by atoms with E-state index in [4.69, 9.17) is 4.74 Å². The summed E-state index contributed by atoms with van der Waals surface area (Å²) in [5.74, 6) is 0. The Balaban J connectivity index is 1.64. The van der Waals surface area contributed by atoms with Gasteiger partial charge in [0.15, 0.2) is 0 Å². The van der Waals surface area contributed by atoms with E-state index in [2.05, 4.69) is 9.44 Å². The maximum absolute atomic E-state index is 11.8. The molecule has 23 heavy (non-hydrogen) atoms. The van der Waals surface area contributed by atoms with Gasteiger partial charge in [-0.3, -0.25) is 0 Å². The van der Waals surface area contributed by atoms with Crippen LogP contribution in [0.1, 0.15) is 37.7 Å². The van der Waals surface area contributed by atoms with Crippen LogP contribution in [0.3, 0.4) is 0 Å². The molecule has 0 radical (unpaired) electrons. The Morgan fingerprint density at radius 2 is 1.83 bits per heavy atom. The monoisotopic (exact) mass is 342 g/mol. The summed E-state index contributed by atoms with van der Waals surface area (Å²) < 4.78 is 34.1. The third-order valence-corrected chi connectivity index (χ3v) is 4.97. The van der Waals surface area contributed by atoms with E-state index >= 15 is 0 Å². The van der Waals surface area contributed by atoms with Crippen LogP contribution in [0.15, 0.2) is 30.3 Å². The van der Waals surface area contributed by atoms with Gasteiger partial charge in [0.05, 0.1) is 18.8 Å². The molecule has 0 amide bonds. The van der Waals surface area contributed by atoms with Crippen molar-refractivity contribution in [2.24, 2.45) is 0 Å². The molecule has 3 N–H and O–H groups in total. The molecule has 0 spiro atoms. The number of hydrogen-bond donors (Lipinski definition) is 3. The fourth-order valence-corrected chi connectivity index (χ4v) is 3.44. The molecule has 1 saturated carbocycles. The van der Waals surface area contributed by atoms with Gasteiger partial charge in [-0.1, -0.05) is 49.6 Å². The quantitative estimate of drug-likeness (QED) is 0.632. The summed E-state index contributed by atoms with van der Waals surface area (Å²) in [6, 6.07) is 9.26. The van der Waals surface area contributed by atoms with Crippen molar-refractivity contribution in [2.45, 2.75) is 50.9 Å². The standard InChI is InChI=1S/C16H26N2O4S/c19-15(13-22-16-9-5-2-6-10-16)12-18-23(20,21)17-11-14-7-3-1-4-8-14/h1,3-4,7-8,15-19H,2,5-6,9-13H2. The predicted molar refractivity (Wildman–Crippen MR) is 89.0 cm³/mol. The average Bonchev–Trinajstić information content (AvgIpc) is 2.58. The summed E-state index contributed by atoms with van der Waals surface area (Å²) in [4.78, 5) is 0. The lowest BCUT2D eigenvalue weighted by molar-refractivity contribution is -0.0216. The summed E-state index contributed by atoms with van der Waals surface area (Å²) in [6.45, 7) is 0.313. The smallest absolute Gasteiger partial charge is 0.277 e. The van der Waals surface area contributed by atoms with Gasteiger partial charge in [-0.15, -0.1) is 0 Å². The number of benzene rings is 1. The topological polar surface area (TPSA) is 87.7 Å². The van der Waals surface area contributed by atoms with E-state index in [0.717, 1.165) is 31.2 Å². The summed E-state index contributed by atoms with van der Waals surface area (Å²) in [5, 5.41) is 9.85. The predicted octanol–water partition coefficient (Wildman–Crippen LogP) is 1.32. The first-order valence-electron chi connectivity index (χ1n) is 8.13. The van der Waals surface area contributed by atoms with Crippen LogP contribution in [0.4, 0.5) is 0 Å². The number of hydrogen-bond acceptors (Lipinski definition) is 4. The zero-order valence-corrected chi connectivity index (χ0v) is 14.1. The highest BCUT2D eigenvalue weighted by Crippen LogP contribution is 2.20. The van der Waals surface area contributed by atoms with Crippen LogP contribution in [0.2, 0.25) is 0 Å². The van der Waals surface area contributed by atoms with Crippen LogP contribution < -0.4 is 9.44 Å². The van der Waals surface area contributed by atoms with Crippen molar-refractivity contribution < 1.29 is 18.3 Å².